The van der Waals surface area contributed by atoms with Crippen molar-refractivity contribution in [2.24, 2.45) is 0 Å². The summed E-state index contributed by atoms with van der Waals surface area (Å²) in [6, 6.07) is 9.71. The van der Waals surface area contributed by atoms with Gasteiger partial charge in [0.2, 0.25) is 0 Å². The molecule has 0 aliphatic carbocycles. The van der Waals surface area contributed by atoms with Crippen LogP contribution in [0.1, 0.15) is 21.7 Å². The van der Waals surface area contributed by atoms with Crippen LogP contribution in [0.2, 0.25) is 0 Å². The van der Waals surface area contributed by atoms with Crippen LogP contribution in [0, 0.1) is 6.92 Å². The van der Waals surface area contributed by atoms with Gasteiger partial charge in [0.1, 0.15) is 12.0 Å². The van der Waals surface area contributed by atoms with E-state index in [1.807, 2.05) is 36.6 Å². The first-order valence-electron chi connectivity index (χ1n) is 5.32. The number of thiophene rings is 1. The number of carbonyl (C=O) groups excluding carboxylic acids is 1. The summed E-state index contributed by atoms with van der Waals surface area (Å²) in [7, 11) is 0. The molecule has 0 saturated heterocycles. The smallest absolute Gasteiger partial charge is 0.197 e. The Balaban J connectivity index is 2.13. The van der Waals surface area contributed by atoms with Crippen molar-refractivity contribution in [3.63, 3.8) is 0 Å². The van der Waals surface area contributed by atoms with Crippen LogP contribution in [0.4, 0.5) is 0 Å². The molecule has 2 nitrogen and oxygen atoms in total. The molecule has 0 saturated carbocycles. The second kappa shape index (κ2) is 3.86. The Bertz CT molecular complexity index is 691. The Kier molecular flexibility index (Phi) is 2.34. The van der Waals surface area contributed by atoms with Crippen molar-refractivity contribution in [3.8, 4) is 0 Å². The molecule has 17 heavy (non-hydrogen) atoms. The largest absolute Gasteiger partial charge is 0.469 e. The third-order valence-corrected chi connectivity index (χ3v) is 3.68. The van der Waals surface area contributed by atoms with Crippen LogP contribution in [0.25, 0.3) is 10.1 Å². The Morgan fingerprint density at radius 2 is 2.12 bits per heavy atom. The Hall–Kier alpha value is -1.87. The zero-order valence-corrected chi connectivity index (χ0v) is 10.1. The highest BCUT2D eigenvalue weighted by molar-refractivity contribution is 7.17. The minimum absolute atomic E-state index is 0.0271. The number of aryl methyl sites for hydroxylation is 1. The van der Waals surface area contributed by atoms with E-state index in [2.05, 4.69) is 0 Å². The van der Waals surface area contributed by atoms with Crippen LogP contribution in [-0.2, 0) is 0 Å². The fraction of sp³-hybridized carbons (Fsp3) is 0.0714. The van der Waals surface area contributed by atoms with Crippen LogP contribution >= 0.6 is 11.3 Å². The standard InChI is InChI=1S/C14H10O2S/c1-9-6-10(7-16-9)14(15)12-8-17-13-5-3-2-4-11(12)13/h2-8H,1H3. The van der Waals surface area contributed by atoms with Gasteiger partial charge in [-0.3, -0.25) is 4.79 Å². The fourth-order valence-electron chi connectivity index (χ4n) is 1.87. The molecule has 0 aliphatic rings. The highest BCUT2D eigenvalue weighted by Crippen LogP contribution is 2.27. The molecule has 3 heteroatoms. The van der Waals surface area contributed by atoms with Gasteiger partial charge in [-0.15, -0.1) is 11.3 Å². The molecule has 0 aliphatic heterocycles. The number of fused-ring (bicyclic) bond motifs is 1. The topological polar surface area (TPSA) is 30.2 Å². The molecule has 2 aromatic heterocycles. The normalized spacial score (nSPS) is 10.9. The molecule has 2 heterocycles. The lowest BCUT2D eigenvalue weighted by Crippen LogP contribution is -1.97. The third-order valence-electron chi connectivity index (χ3n) is 2.72. The summed E-state index contributed by atoms with van der Waals surface area (Å²) >= 11 is 1.59. The van der Waals surface area contributed by atoms with Gasteiger partial charge >= 0.3 is 0 Å². The van der Waals surface area contributed by atoms with Crippen molar-refractivity contribution >= 4 is 27.2 Å². The van der Waals surface area contributed by atoms with Crippen LogP contribution in [-0.4, -0.2) is 5.78 Å². The number of carbonyl (C=O) groups is 1. The number of rotatable bonds is 2. The van der Waals surface area contributed by atoms with Crippen molar-refractivity contribution < 1.29 is 9.21 Å². The van der Waals surface area contributed by atoms with Gasteiger partial charge in [0.25, 0.3) is 0 Å². The number of furan rings is 1. The van der Waals surface area contributed by atoms with Crippen LogP contribution < -0.4 is 0 Å². The average molecular weight is 242 g/mol. The summed E-state index contributed by atoms with van der Waals surface area (Å²) in [4.78, 5) is 12.3. The second-order valence-electron chi connectivity index (χ2n) is 3.92. The van der Waals surface area contributed by atoms with Gasteiger partial charge in [-0.05, 0) is 19.1 Å². The molecule has 0 N–H and O–H groups in total. The van der Waals surface area contributed by atoms with E-state index in [4.69, 9.17) is 4.42 Å². The monoisotopic (exact) mass is 242 g/mol. The molecule has 0 atom stereocenters. The van der Waals surface area contributed by atoms with Gasteiger partial charge in [0.15, 0.2) is 5.78 Å². The second-order valence-corrected chi connectivity index (χ2v) is 4.83. The van der Waals surface area contributed by atoms with Crippen molar-refractivity contribution in [3.05, 3.63) is 58.9 Å². The van der Waals surface area contributed by atoms with E-state index in [9.17, 15) is 4.79 Å². The van der Waals surface area contributed by atoms with Gasteiger partial charge in [0.05, 0.1) is 5.56 Å². The summed E-state index contributed by atoms with van der Waals surface area (Å²) < 4.78 is 6.31. The number of ketones is 1. The molecule has 0 unspecified atom stereocenters. The fourth-order valence-corrected chi connectivity index (χ4v) is 2.81. The maximum Gasteiger partial charge on any atom is 0.197 e. The Labute approximate surface area is 102 Å². The molecule has 3 aromatic rings. The number of hydrogen-bond donors (Lipinski definition) is 0. The molecular weight excluding hydrogens is 232 g/mol. The highest BCUT2D eigenvalue weighted by atomic mass is 32.1. The van der Waals surface area contributed by atoms with Crippen LogP contribution in [0.5, 0.6) is 0 Å². The van der Waals surface area contributed by atoms with E-state index in [0.29, 0.717) is 5.56 Å². The molecule has 0 spiro atoms. The van der Waals surface area contributed by atoms with Gasteiger partial charge in [-0.25, -0.2) is 0 Å². The molecule has 0 radical (unpaired) electrons. The quantitative estimate of drug-likeness (QED) is 0.635. The summed E-state index contributed by atoms with van der Waals surface area (Å²) in [5, 5.41) is 2.93. The predicted molar refractivity (Wildman–Crippen MR) is 68.7 cm³/mol. The highest BCUT2D eigenvalue weighted by Gasteiger charge is 2.15. The van der Waals surface area contributed by atoms with Crippen molar-refractivity contribution in [2.45, 2.75) is 6.92 Å². The average Bonchev–Trinajstić information content (AvgIpc) is 2.94. The van der Waals surface area contributed by atoms with Gasteiger partial charge < -0.3 is 4.42 Å². The minimum Gasteiger partial charge on any atom is -0.469 e. The molecule has 1 aromatic carbocycles. The number of benzene rings is 1. The summed E-state index contributed by atoms with van der Waals surface area (Å²) in [6.45, 7) is 1.84. The maximum absolute atomic E-state index is 12.3. The Morgan fingerprint density at radius 1 is 1.29 bits per heavy atom. The predicted octanol–water partition coefficient (Wildman–Crippen LogP) is 4.03. The van der Waals surface area contributed by atoms with E-state index in [1.54, 1.807) is 17.4 Å². The van der Waals surface area contributed by atoms with Crippen LogP contribution in [0.15, 0.2) is 46.4 Å². The molecule has 0 bridgehead atoms. The van der Waals surface area contributed by atoms with E-state index >= 15 is 0 Å². The lowest BCUT2D eigenvalue weighted by molar-refractivity contribution is 0.104. The minimum atomic E-state index is 0.0271. The number of hydrogen-bond acceptors (Lipinski definition) is 3. The van der Waals surface area contributed by atoms with Crippen LogP contribution in [0.3, 0.4) is 0 Å². The van der Waals surface area contributed by atoms with Gasteiger partial charge in [-0.2, -0.15) is 0 Å². The summed E-state index contributed by atoms with van der Waals surface area (Å²) in [5.74, 6) is 0.784. The molecule has 0 amide bonds. The van der Waals surface area contributed by atoms with Crippen molar-refractivity contribution in [1.29, 1.82) is 0 Å². The zero-order chi connectivity index (χ0) is 11.8. The first kappa shape index (κ1) is 10.3. The SMILES string of the molecule is Cc1cc(C(=O)c2csc3ccccc23)co1. The summed E-state index contributed by atoms with van der Waals surface area (Å²) in [6.07, 6.45) is 1.52. The zero-order valence-electron chi connectivity index (χ0n) is 9.27. The van der Waals surface area contributed by atoms with Gasteiger partial charge in [0, 0.05) is 21.0 Å². The van der Waals surface area contributed by atoms with E-state index in [-0.39, 0.29) is 5.78 Å². The maximum atomic E-state index is 12.3. The summed E-state index contributed by atoms with van der Waals surface area (Å²) in [5.41, 5.74) is 1.37. The van der Waals surface area contributed by atoms with Crippen molar-refractivity contribution in [2.75, 3.05) is 0 Å². The molecule has 3 rings (SSSR count). The third kappa shape index (κ3) is 1.68. The van der Waals surface area contributed by atoms with Crippen molar-refractivity contribution in [1.82, 2.24) is 0 Å². The first-order valence-corrected chi connectivity index (χ1v) is 6.20. The van der Waals surface area contributed by atoms with E-state index in [0.717, 1.165) is 21.4 Å². The lowest BCUT2D eigenvalue weighted by Gasteiger charge is -1.95. The van der Waals surface area contributed by atoms with E-state index < -0.39 is 0 Å². The molecule has 84 valence electrons. The van der Waals surface area contributed by atoms with E-state index in [1.165, 1.54) is 6.26 Å². The van der Waals surface area contributed by atoms with Gasteiger partial charge in [-0.1, -0.05) is 18.2 Å². The Morgan fingerprint density at radius 3 is 2.88 bits per heavy atom. The first-order chi connectivity index (χ1) is 8.25. The lowest BCUT2D eigenvalue weighted by atomic mass is 10.1. The molecular formula is C14H10O2S. The molecule has 0 fully saturated rings.